The predicted molar refractivity (Wildman–Crippen MR) is 250 cm³/mol. The Morgan fingerprint density at radius 1 is 0.552 bits per heavy atom. The molecule has 4 aliphatic heterocycles. The van der Waals surface area contributed by atoms with Crippen LogP contribution in [0.25, 0.3) is 11.3 Å². The molecular formula is C50H59ClN8O8. The van der Waals surface area contributed by atoms with Crippen molar-refractivity contribution >= 4 is 23.8 Å². The van der Waals surface area contributed by atoms with Crippen LogP contribution in [0.2, 0.25) is 5.15 Å². The van der Waals surface area contributed by atoms with Gasteiger partial charge in [0.25, 0.3) is 0 Å². The lowest BCUT2D eigenvalue weighted by Crippen LogP contribution is -2.50. The first-order chi connectivity index (χ1) is 32.0. The fourth-order valence-corrected chi connectivity index (χ4v) is 9.37. The molecule has 0 N–H and O–H groups in total. The number of pyridine rings is 2. The maximum atomic E-state index is 12.8. The highest BCUT2D eigenvalue weighted by Gasteiger charge is 2.47. The summed E-state index contributed by atoms with van der Waals surface area (Å²) in [6, 6.07) is 17.5. The van der Waals surface area contributed by atoms with Crippen molar-refractivity contribution in [1.82, 2.24) is 39.7 Å². The third-order valence-electron chi connectivity index (χ3n) is 12.1. The van der Waals surface area contributed by atoms with Crippen LogP contribution in [0.1, 0.15) is 104 Å². The summed E-state index contributed by atoms with van der Waals surface area (Å²) in [5, 5.41) is 0.258. The Bertz CT molecular complexity index is 2510. The van der Waals surface area contributed by atoms with Gasteiger partial charge >= 0.3 is 12.2 Å². The second-order valence-electron chi connectivity index (χ2n) is 19.4. The Balaban J connectivity index is 0.000000184. The van der Waals surface area contributed by atoms with E-state index in [0.717, 1.165) is 68.2 Å². The first kappa shape index (κ1) is 47.2. The molecule has 8 heterocycles. The average molecular weight is 936 g/mol. The summed E-state index contributed by atoms with van der Waals surface area (Å²) >= 11 is 6.09. The van der Waals surface area contributed by atoms with Crippen molar-refractivity contribution in [2.75, 3.05) is 0 Å². The van der Waals surface area contributed by atoms with E-state index in [4.69, 9.17) is 40.0 Å². The van der Waals surface area contributed by atoms with E-state index in [2.05, 4.69) is 29.9 Å². The van der Waals surface area contributed by atoms with Gasteiger partial charge in [-0.15, -0.1) is 0 Å². The van der Waals surface area contributed by atoms with E-state index in [-0.39, 0.29) is 53.7 Å². The summed E-state index contributed by atoms with van der Waals surface area (Å²) in [6.45, 7) is 15.1. The average Bonchev–Trinajstić information content (AvgIpc) is 3.72. The number of carbonyl (C=O) groups is 2. The Hall–Kier alpha value is -6.29. The molecule has 0 radical (unpaired) electrons. The smallest absolute Gasteiger partial charge is 0.410 e. The van der Waals surface area contributed by atoms with Crippen molar-refractivity contribution in [3.63, 3.8) is 0 Å². The number of carbonyl (C=O) groups excluding carboxylic acids is 2. The zero-order valence-electron chi connectivity index (χ0n) is 39.3. The molecule has 4 saturated heterocycles. The van der Waals surface area contributed by atoms with E-state index in [1.54, 1.807) is 24.5 Å². The summed E-state index contributed by atoms with van der Waals surface area (Å²) in [4.78, 5) is 55.0. The van der Waals surface area contributed by atoms with Gasteiger partial charge in [0.15, 0.2) is 16.7 Å². The fraction of sp³-hybridized carbons (Fsp3) is 0.480. The molecule has 9 rings (SSSR count). The topological polar surface area (TPSA) is 173 Å². The molecular weight excluding hydrogens is 876 g/mol. The van der Waals surface area contributed by atoms with E-state index >= 15 is 0 Å². The van der Waals surface area contributed by atoms with Crippen LogP contribution < -0.4 is 18.9 Å². The summed E-state index contributed by atoms with van der Waals surface area (Å²) in [7, 11) is 0. The number of hydrogen-bond acceptors (Lipinski definition) is 14. The Labute approximate surface area is 396 Å². The third kappa shape index (κ3) is 11.5. The summed E-state index contributed by atoms with van der Waals surface area (Å²) in [6.07, 6.45) is 12.5. The SMILES string of the molecule is Cc1c(Oc2cccnc2-c2ccccc2)ncnc1OC1CC2CCC(C1)N2C(=O)OC(C)(C)C.Cc1c(Oc2cccnc2Cl)ncnc1OC1CC2CCC(C1)N2C(=O)OC(C)(C)C. The van der Waals surface area contributed by atoms with Crippen LogP contribution in [0, 0.1) is 13.8 Å². The first-order valence-electron chi connectivity index (χ1n) is 23.0. The molecule has 354 valence electrons. The molecule has 0 spiro atoms. The summed E-state index contributed by atoms with van der Waals surface area (Å²) in [5.41, 5.74) is 2.10. The van der Waals surface area contributed by atoms with Crippen molar-refractivity contribution in [3.05, 3.63) is 95.9 Å². The van der Waals surface area contributed by atoms with Gasteiger partial charge < -0.3 is 38.2 Å². The number of aromatic nitrogens is 6. The van der Waals surface area contributed by atoms with Gasteiger partial charge in [0.1, 0.15) is 41.8 Å². The van der Waals surface area contributed by atoms with Gasteiger partial charge in [-0.25, -0.2) is 34.5 Å². The standard InChI is InChI=1S/C28H32N4O4.C22H27ClN4O4/c1-18-25(34-22-15-20-12-13-21(16-22)32(20)27(33)36-28(2,3)4)30-17-31-26(18)35-23-11-8-14-29-24(23)19-9-6-5-7-10-19;1-13-19(25-12-26-20(13)30-17-6-5-9-24-18(17)23)29-16-10-14-7-8-15(11-16)27(14)21(28)31-22(2,3)4/h5-11,14,17,20-22H,12-13,15-16H2,1-4H3;5-6,9,12,14-16H,7-8,10-11H2,1-4H3. The number of piperidine rings is 2. The number of halogens is 1. The lowest BCUT2D eigenvalue weighted by atomic mass is 10.00. The Morgan fingerprint density at radius 3 is 1.42 bits per heavy atom. The molecule has 5 aromatic rings. The maximum Gasteiger partial charge on any atom is 0.410 e. The van der Waals surface area contributed by atoms with Gasteiger partial charge in [-0.2, -0.15) is 0 Å². The van der Waals surface area contributed by atoms with E-state index in [1.807, 2.05) is 108 Å². The van der Waals surface area contributed by atoms with Crippen LogP contribution in [-0.2, 0) is 9.47 Å². The Morgan fingerprint density at radius 2 is 0.970 bits per heavy atom. The molecule has 0 aliphatic carbocycles. The second kappa shape index (κ2) is 19.9. The lowest BCUT2D eigenvalue weighted by molar-refractivity contribution is -0.00897. The zero-order chi connectivity index (χ0) is 47.5. The number of hydrogen-bond donors (Lipinski definition) is 0. The van der Waals surface area contributed by atoms with Crippen LogP contribution in [0.15, 0.2) is 79.6 Å². The molecule has 67 heavy (non-hydrogen) atoms. The predicted octanol–water partition coefficient (Wildman–Crippen LogP) is 10.9. The molecule has 4 atom stereocenters. The zero-order valence-corrected chi connectivity index (χ0v) is 40.1. The molecule has 4 aliphatic rings. The van der Waals surface area contributed by atoms with Gasteiger partial charge in [0.2, 0.25) is 23.5 Å². The molecule has 4 unspecified atom stereocenters. The lowest BCUT2D eigenvalue weighted by Gasteiger charge is -2.39. The highest BCUT2D eigenvalue weighted by Crippen LogP contribution is 2.41. The Kier molecular flexibility index (Phi) is 14.0. The normalized spacial score (nSPS) is 22.0. The van der Waals surface area contributed by atoms with Crippen molar-refractivity contribution in [3.8, 4) is 46.3 Å². The van der Waals surface area contributed by atoms with Gasteiger partial charge in [-0.05, 0) is 105 Å². The number of amides is 2. The minimum Gasteiger partial charge on any atom is -0.474 e. The van der Waals surface area contributed by atoms with Gasteiger partial charge in [0, 0.05) is 67.8 Å². The fourth-order valence-electron chi connectivity index (χ4n) is 9.21. The highest BCUT2D eigenvalue weighted by molar-refractivity contribution is 6.30. The molecule has 0 saturated carbocycles. The van der Waals surface area contributed by atoms with E-state index in [9.17, 15) is 9.59 Å². The first-order valence-corrected chi connectivity index (χ1v) is 23.3. The highest BCUT2D eigenvalue weighted by atomic mass is 35.5. The van der Waals surface area contributed by atoms with Crippen LogP contribution in [0.4, 0.5) is 9.59 Å². The third-order valence-corrected chi connectivity index (χ3v) is 12.4. The monoisotopic (exact) mass is 934 g/mol. The van der Waals surface area contributed by atoms with Crippen molar-refractivity contribution in [1.29, 1.82) is 0 Å². The minimum atomic E-state index is -0.507. The molecule has 17 heteroatoms. The number of benzene rings is 1. The molecule has 4 bridgehead atoms. The van der Waals surface area contributed by atoms with Crippen LogP contribution >= 0.6 is 11.6 Å². The van der Waals surface area contributed by atoms with Gasteiger partial charge in [0.05, 0.1) is 11.1 Å². The van der Waals surface area contributed by atoms with Crippen LogP contribution in [-0.4, -0.2) is 99.5 Å². The van der Waals surface area contributed by atoms with Gasteiger partial charge in [-0.1, -0.05) is 41.9 Å². The van der Waals surface area contributed by atoms with Crippen molar-refractivity contribution < 1.29 is 38.0 Å². The van der Waals surface area contributed by atoms with E-state index in [1.165, 1.54) is 12.7 Å². The number of fused-ring (bicyclic) bond motifs is 4. The molecule has 2 amide bonds. The number of ether oxygens (including phenoxy) is 6. The van der Waals surface area contributed by atoms with Crippen LogP contribution in [0.3, 0.4) is 0 Å². The number of nitrogens with zero attached hydrogens (tertiary/aromatic N) is 8. The molecule has 4 aromatic heterocycles. The van der Waals surface area contributed by atoms with Crippen LogP contribution in [0.5, 0.6) is 35.0 Å². The molecule has 4 fully saturated rings. The minimum absolute atomic E-state index is 0.0408. The van der Waals surface area contributed by atoms with Crippen molar-refractivity contribution in [2.45, 2.75) is 154 Å². The number of rotatable bonds is 9. The second-order valence-corrected chi connectivity index (χ2v) is 19.8. The van der Waals surface area contributed by atoms with E-state index < -0.39 is 11.2 Å². The van der Waals surface area contributed by atoms with Gasteiger partial charge in [-0.3, -0.25) is 4.98 Å². The van der Waals surface area contributed by atoms with Crippen molar-refractivity contribution in [2.24, 2.45) is 0 Å². The largest absolute Gasteiger partial charge is 0.474 e. The summed E-state index contributed by atoms with van der Waals surface area (Å²) < 4.78 is 35.9. The van der Waals surface area contributed by atoms with E-state index in [0.29, 0.717) is 40.6 Å². The quantitative estimate of drug-likeness (QED) is 0.128. The summed E-state index contributed by atoms with van der Waals surface area (Å²) in [5.74, 6) is 2.80. The molecule has 1 aromatic carbocycles. The maximum absolute atomic E-state index is 12.8. The molecule has 16 nitrogen and oxygen atoms in total.